The van der Waals surface area contributed by atoms with E-state index in [0.29, 0.717) is 6.04 Å². The fourth-order valence-corrected chi connectivity index (χ4v) is 3.50. The average Bonchev–Trinajstić information content (AvgIpc) is 2.87. The SMILES string of the molecule is CN(C)C1CCN(c2ccc(S(=O)(=O)C(C)(C)C)nc2)C1. The summed E-state index contributed by atoms with van der Waals surface area (Å²) in [6, 6.07) is 4.03. The van der Waals surface area contributed by atoms with Crippen LogP contribution in [0.15, 0.2) is 23.4 Å². The van der Waals surface area contributed by atoms with E-state index in [9.17, 15) is 8.42 Å². The summed E-state index contributed by atoms with van der Waals surface area (Å²) < 4.78 is 23.9. The molecular weight excluding hydrogens is 286 g/mol. The van der Waals surface area contributed by atoms with Crippen LogP contribution in [0.25, 0.3) is 0 Å². The van der Waals surface area contributed by atoms with E-state index in [2.05, 4.69) is 28.9 Å². The molecular formula is C15H25N3O2S. The van der Waals surface area contributed by atoms with Crippen LogP contribution in [0.4, 0.5) is 5.69 Å². The highest BCUT2D eigenvalue weighted by atomic mass is 32.2. The number of anilines is 1. The van der Waals surface area contributed by atoms with Crippen LogP contribution in [0, 0.1) is 0 Å². The quantitative estimate of drug-likeness (QED) is 0.852. The Hall–Kier alpha value is -1.14. The largest absolute Gasteiger partial charge is 0.369 e. The van der Waals surface area contributed by atoms with E-state index in [1.165, 1.54) is 0 Å². The molecule has 2 heterocycles. The molecule has 6 heteroatoms. The lowest BCUT2D eigenvalue weighted by molar-refractivity contribution is 0.315. The number of rotatable bonds is 3. The first-order valence-corrected chi connectivity index (χ1v) is 8.73. The van der Waals surface area contributed by atoms with Crippen LogP contribution in [0.3, 0.4) is 0 Å². The zero-order valence-electron chi connectivity index (χ0n) is 13.5. The van der Waals surface area contributed by atoms with Gasteiger partial charge in [-0.1, -0.05) is 0 Å². The Balaban J connectivity index is 2.18. The molecule has 0 bridgehead atoms. The third-order valence-corrected chi connectivity index (χ3v) is 6.47. The molecule has 1 aromatic rings. The summed E-state index contributed by atoms with van der Waals surface area (Å²) in [6.07, 6.45) is 2.80. The minimum Gasteiger partial charge on any atom is -0.369 e. The summed E-state index contributed by atoms with van der Waals surface area (Å²) in [7, 11) is 0.799. The first kappa shape index (κ1) is 16.2. The van der Waals surface area contributed by atoms with E-state index in [1.54, 1.807) is 33.0 Å². The van der Waals surface area contributed by atoms with Gasteiger partial charge in [0.1, 0.15) is 0 Å². The minimum absolute atomic E-state index is 0.155. The van der Waals surface area contributed by atoms with Gasteiger partial charge in [0.25, 0.3) is 0 Å². The topological polar surface area (TPSA) is 53.5 Å². The molecule has 1 saturated heterocycles. The molecule has 118 valence electrons. The summed E-state index contributed by atoms with van der Waals surface area (Å²) in [5.74, 6) is 0. The maximum absolute atomic E-state index is 12.3. The van der Waals surface area contributed by atoms with Gasteiger partial charge in [-0.25, -0.2) is 13.4 Å². The van der Waals surface area contributed by atoms with E-state index in [4.69, 9.17) is 0 Å². The minimum atomic E-state index is -3.38. The van der Waals surface area contributed by atoms with Gasteiger partial charge in [-0.15, -0.1) is 0 Å². The number of hydrogen-bond donors (Lipinski definition) is 0. The third kappa shape index (κ3) is 3.21. The van der Waals surface area contributed by atoms with Gasteiger partial charge < -0.3 is 9.80 Å². The summed E-state index contributed by atoms with van der Waals surface area (Å²) in [5.41, 5.74) is 0.993. The van der Waals surface area contributed by atoms with Gasteiger partial charge in [0, 0.05) is 19.1 Å². The fourth-order valence-electron chi connectivity index (χ4n) is 2.43. The molecule has 21 heavy (non-hydrogen) atoms. The van der Waals surface area contributed by atoms with Gasteiger partial charge >= 0.3 is 0 Å². The van der Waals surface area contributed by atoms with Crippen LogP contribution >= 0.6 is 0 Å². The Bertz CT molecular complexity index is 588. The van der Waals surface area contributed by atoms with Crippen molar-refractivity contribution in [2.24, 2.45) is 0 Å². The van der Waals surface area contributed by atoms with E-state index < -0.39 is 14.6 Å². The highest BCUT2D eigenvalue weighted by Crippen LogP contribution is 2.26. The molecule has 1 aromatic heterocycles. The van der Waals surface area contributed by atoms with Gasteiger partial charge in [0.2, 0.25) is 0 Å². The number of likely N-dealkylation sites (N-methyl/N-ethyl adjacent to an activating group) is 1. The molecule has 5 nitrogen and oxygen atoms in total. The van der Waals surface area contributed by atoms with Crippen molar-refractivity contribution in [3.8, 4) is 0 Å². The molecule has 0 aromatic carbocycles. The van der Waals surface area contributed by atoms with E-state index in [0.717, 1.165) is 25.2 Å². The summed E-state index contributed by atoms with van der Waals surface area (Å²) in [4.78, 5) is 8.67. The van der Waals surface area contributed by atoms with Gasteiger partial charge in [0.15, 0.2) is 14.9 Å². The second kappa shape index (κ2) is 5.57. The molecule has 2 rings (SSSR count). The molecule has 0 spiro atoms. The van der Waals surface area contributed by atoms with Crippen LogP contribution in [0.5, 0.6) is 0 Å². The summed E-state index contributed by atoms with van der Waals surface area (Å²) in [5, 5.41) is 0.155. The smallest absolute Gasteiger partial charge is 0.200 e. The first-order valence-electron chi connectivity index (χ1n) is 7.25. The number of nitrogens with zero attached hydrogens (tertiary/aromatic N) is 3. The molecule has 1 fully saturated rings. The number of aromatic nitrogens is 1. The third-order valence-electron chi connectivity index (χ3n) is 4.06. The molecule has 0 radical (unpaired) electrons. The van der Waals surface area contributed by atoms with E-state index in [1.807, 2.05) is 6.07 Å². The Morgan fingerprint density at radius 2 is 1.95 bits per heavy atom. The van der Waals surface area contributed by atoms with E-state index >= 15 is 0 Å². The summed E-state index contributed by atoms with van der Waals surface area (Å²) >= 11 is 0. The first-order chi connectivity index (χ1) is 9.63. The molecule has 0 aliphatic carbocycles. The van der Waals surface area contributed by atoms with Crippen LogP contribution in [-0.4, -0.2) is 56.3 Å². The number of sulfone groups is 1. The Morgan fingerprint density at radius 3 is 2.38 bits per heavy atom. The molecule has 1 aliphatic rings. The maximum atomic E-state index is 12.3. The van der Waals surface area contributed by atoms with Gasteiger partial charge in [0.05, 0.1) is 16.6 Å². The monoisotopic (exact) mass is 311 g/mol. The zero-order valence-corrected chi connectivity index (χ0v) is 14.3. The van der Waals surface area contributed by atoms with Crippen LogP contribution in [0.1, 0.15) is 27.2 Å². The Kier molecular flexibility index (Phi) is 4.31. The van der Waals surface area contributed by atoms with Gasteiger partial charge in [-0.3, -0.25) is 0 Å². The van der Waals surface area contributed by atoms with Crippen LogP contribution in [-0.2, 0) is 9.84 Å². The van der Waals surface area contributed by atoms with Crippen molar-refractivity contribution >= 4 is 15.5 Å². The van der Waals surface area contributed by atoms with Gasteiger partial charge in [-0.05, 0) is 53.4 Å². The van der Waals surface area contributed by atoms with Crippen molar-refractivity contribution in [1.29, 1.82) is 0 Å². The van der Waals surface area contributed by atoms with Crippen molar-refractivity contribution in [3.63, 3.8) is 0 Å². The van der Waals surface area contributed by atoms with Crippen LogP contribution in [0.2, 0.25) is 0 Å². The van der Waals surface area contributed by atoms with Crippen molar-refractivity contribution in [3.05, 3.63) is 18.3 Å². The highest BCUT2D eigenvalue weighted by molar-refractivity contribution is 7.92. The lowest BCUT2D eigenvalue weighted by Crippen LogP contribution is -2.31. The van der Waals surface area contributed by atoms with Gasteiger partial charge in [-0.2, -0.15) is 0 Å². The second-order valence-electron chi connectivity index (χ2n) is 6.82. The molecule has 1 atom stereocenters. The summed E-state index contributed by atoms with van der Waals surface area (Å²) in [6.45, 7) is 7.02. The lowest BCUT2D eigenvalue weighted by atomic mass is 10.2. The number of hydrogen-bond acceptors (Lipinski definition) is 5. The molecule has 1 aliphatic heterocycles. The van der Waals surface area contributed by atoms with E-state index in [-0.39, 0.29) is 5.03 Å². The standard InChI is InChI=1S/C15H25N3O2S/c1-15(2,3)21(19,20)14-7-6-12(10-16-14)18-9-8-13(11-18)17(4)5/h6-7,10,13H,8-9,11H2,1-5H3. The van der Waals surface area contributed by atoms with Crippen molar-refractivity contribution in [2.45, 2.75) is 43.0 Å². The average molecular weight is 311 g/mol. The van der Waals surface area contributed by atoms with Crippen LogP contribution < -0.4 is 4.90 Å². The number of pyridine rings is 1. The molecule has 0 amide bonds. The molecule has 1 unspecified atom stereocenters. The predicted molar refractivity (Wildman–Crippen MR) is 85.5 cm³/mol. The Labute approximate surface area is 127 Å². The van der Waals surface area contributed by atoms with Crippen molar-refractivity contribution < 1.29 is 8.42 Å². The van der Waals surface area contributed by atoms with Crippen molar-refractivity contribution in [1.82, 2.24) is 9.88 Å². The second-order valence-corrected chi connectivity index (χ2v) is 9.47. The highest BCUT2D eigenvalue weighted by Gasteiger charge is 2.32. The fraction of sp³-hybridized carbons (Fsp3) is 0.667. The molecule has 0 N–H and O–H groups in total. The lowest BCUT2D eigenvalue weighted by Gasteiger charge is -2.22. The molecule has 0 saturated carbocycles. The van der Waals surface area contributed by atoms with Crippen molar-refractivity contribution in [2.75, 3.05) is 32.1 Å². The Morgan fingerprint density at radius 1 is 1.29 bits per heavy atom. The maximum Gasteiger partial charge on any atom is 0.200 e. The normalized spacial score (nSPS) is 20.3. The predicted octanol–water partition coefficient (Wildman–Crippen LogP) is 1.79. The zero-order chi connectivity index (χ0) is 15.8.